The summed E-state index contributed by atoms with van der Waals surface area (Å²) >= 11 is 1.50. The van der Waals surface area contributed by atoms with E-state index in [1.807, 2.05) is 30.7 Å². The van der Waals surface area contributed by atoms with Gasteiger partial charge in [0, 0.05) is 37.5 Å². The number of hydrogen-bond donors (Lipinski definition) is 2. The number of ether oxygens (including phenoxy) is 1. The molecule has 38 heavy (non-hydrogen) atoms. The Morgan fingerprint density at radius 2 is 2.03 bits per heavy atom. The summed E-state index contributed by atoms with van der Waals surface area (Å²) in [6, 6.07) is 4.84. The number of thiophene rings is 1. The van der Waals surface area contributed by atoms with Crippen molar-refractivity contribution in [1.82, 2.24) is 14.9 Å². The highest BCUT2D eigenvalue weighted by Gasteiger charge is 2.34. The van der Waals surface area contributed by atoms with Crippen LogP contribution < -0.4 is 15.8 Å². The third-order valence-electron chi connectivity index (χ3n) is 5.96. The lowest BCUT2D eigenvalue weighted by atomic mass is 10.1. The van der Waals surface area contributed by atoms with Gasteiger partial charge in [0.05, 0.1) is 12.6 Å². The van der Waals surface area contributed by atoms with Gasteiger partial charge in [-0.05, 0) is 48.7 Å². The molecule has 0 spiro atoms. The Morgan fingerprint density at radius 3 is 2.71 bits per heavy atom. The lowest BCUT2D eigenvalue weighted by Gasteiger charge is -2.39. The molecule has 3 heterocycles. The van der Waals surface area contributed by atoms with Crippen molar-refractivity contribution in [2.24, 2.45) is 0 Å². The van der Waals surface area contributed by atoms with Crippen molar-refractivity contribution in [2.75, 3.05) is 24.8 Å². The number of aromatic hydroxyl groups is 1. The van der Waals surface area contributed by atoms with Crippen LogP contribution in [-0.2, 0) is 17.8 Å². The van der Waals surface area contributed by atoms with Crippen molar-refractivity contribution in [3.8, 4) is 5.75 Å². The first kappa shape index (κ1) is 27.3. The number of benzene rings is 1. The Bertz CT molecular complexity index is 1380. The van der Waals surface area contributed by atoms with Gasteiger partial charge in [0.25, 0.3) is 11.8 Å². The van der Waals surface area contributed by atoms with Gasteiger partial charge in [-0.3, -0.25) is 24.1 Å². The second-order valence-corrected chi connectivity index (χ2v) is 9.89. The Kier molecular flexibility index (Phi) is 8.42. The van der Waals surface area contributed by atoms with Gasteiger partial charge in [0.1, 0.15) is 23.9 Å². The molecule has 1 aliphatic rings. The fourth-order valence-corrected chi connectivity index (χ4v) is 4.71. The SMILES string of the molecule is CC(C)OCCCN1CN(Cc2ccsc2)n2cc(C(=O)NCc3ccc(F)cc3F)c(=O)c(O)c2C1=O. The highest BCUT2D eigenvalue weighted by Crippen LogP contribution is 2.23. The molecule has 4 rings (SSSR count). The van der Waals surface area contributed by atoms with E-state index in [0.717, 1.165) is 11.6 Å². The minimum atomic E-state index is -1.03. The van der Waals surface area contributed by atoms with Crippen LogP contribution in [0.2, 0.25) is 0 Å². The van der Waals surface area contributed by atoms with Gasteiger partial charge in [-0.2, -0.15) is 11.3 Å². The van der Waals surface area contributed by atoms with E-state index in [9.17, 15) is 28.3 Å². The van der Waals surface area contributed by atoms with E-state index >= 15 is 0 Å². The average Bonchev–Trinajstić information content (AvgIpc) is 3.38. The topological polar surface area (TPSA) is 104 Å². The minimum absolute atomic E-state index is 0.0217. The Balaban J connectivity index is 1.62. The molecule has 0 radical (unpaired) electrons. The van der Waals surface area contributed by atoms with Crippen LogP contribution in [0.3, 0.4) is 0 Å². The standard InChI is InChI=1S/C26H28F2N4O5S/c1-16(2)37-8-3-7-30-15-31(12-17-6-9-38-14-17)32-13-20(23(33)24(34)22(32)26(30)36)25(35)29-11-18-4-5-19(27)10-21(18)28/h4-6,9-10,13-14,16,34H,3,7-8,11-12,15H2,1-2H3,(H,29,35). The maximum absolute atomic E-state index is 14.0. The normalized spacial score (nSPS) is 13.2. The highest BCUT2D eigenvalue weighted by atomic mass is 32.1. The van der Waals surface area contributed by atoms with Crippen LogP contribution in [0.5, 0.6) is 5.75 Å². The number of amides is 2. The Labute approximate surface area is 221 Å². The first-order valence-electron chi connectivity index (χ1n) is 12.0. The van der Waals surface area contributed by atoms with Gasteiger partial charge >= 0.3 is 0 Å². The molecule has 0 atom stereocenters. The Morgan fingerprint density at radius 1 is 1.24 bits per heavy atom. The third kappa shape index (κ3) is 6.03. The molecule has 3 aromatic rings. The van der Waals surface area contributed by atoms with Gasteiger partial charge in [-0.25, -0.2) is 8.78 Å². The predicted octanol–water partition coefficient (Wildman–Crippen LogP) is 3.19. The number of nitrogens with zero attached hydrogens (tertiary/aromatic N) is 3. The molecule has 1 aliphatic heterocycles. The summed E-state index contributed by atoms with van der Waals surface area (Å²) in [6.07, 6.45) is 1.81. The summed E-state index contributed by atoms with van der Waals surface area (Å²) in [7, 11) is 0. The van der Waals surface area contributed by atoms with Gasteiger partial charge in [0.2, 0.25) is 5.43 Å². The van der Waals surface area contributed by atoms with Gasteiger partial charge in [-0.1, -0.05) is 6.07 Å². The number of fused-ring (bicyclic) bond motifs is 1. The predicted molar refractivity (Wildman–Crippen MR) is 138 cm³/mol. The molecule has 2 amide bonds. The minimum Gasteiger partial charge on any atom is -0.502 e. The summed E-state index contributed by atoms with van der Waals surface area (Å²) in [4.78, 5) is 40.7. The quantitative estimate of drug-likeness (QED) is 0.379. The van der Waals surface area contributed by atoms with Gasteiger partial charge in [0.15, 0.2) is 11.4 Å². The average molecular weight is 547 g/mol. The fourth-order valence-electron chi connectivity index (χ4n) is 4.05. The van der Waals surface area contributed by atoms with E-state index < -0.39 is 40.2 Å². The molecular weight excluding hydrogens is 518 g/mol. The first-order chi connectivity index (χ1) is 18.2. The zero-order valence-electron chi connectivity index (χ0n) is 20.9. The van der Waals surface area contributed by atoms with E-state index in [2.05, 4.69) is 5.32 Å². The van der Waals surface area contributed by atoms with Crippen molar-refractivity contribution < 1.29 is 28.2 Å². The number of carbonyl (C=O) groups is 2. The molecule has 1 aromatic carbocycles. The molecule has 0 saturated carbocycles. The molecule has 202 valence electrons. The highest BCUT2D eigenvalue weighted by molar-refractivity contribution is 7.07. The first-order valence-corrected chi connectivity index (χ1v) is 13.0. The van der Waals surface area contributed by atoms with Gasteiger partial charge in [-0.15, -0.1) is 0 Å². The number of carbonyl (C=O) groups excluding carboxylic acids is 2. The maximum Gasteiger partial charge on any atom is 0.277 e. The van der Waals surface area contributed by atoms with Crippen LogP contribution in [0, 0.1) is 11.6 Å². The molecule has 9 nitrogen and oxygen atoms in total. The third-order valence-corrected chi connectivity index (χ3v) is 6.69. The van der Waals surface area contributed by atoms with Crippen LogP contribution in [-0.4, -0.2) is 52.4 Å². The van der Waals surface area contributed by atoms with Crippen molar-refractivity contribution in [3.63, 3.8) is 0 Å². The van der Waals surface area contributed by atoms with Crippen LogP contribution in [0.15, 0.2) is 46.0 Å². The van der Waals surface area contributed by atoms with Crippen LogP contribution in [0.1, 0.15) is 52.2 Å². The molecule has 0 bridgehead atoms. The van der Waals surface area contributed by atoms with E-state index in [4.69, 9.17) is 4.74 Å². The van der Waals surface area contributed by atoms with E-state index in [1.165, 1.54) is 33.2 Å². The van der Waals surface area contributed by atoms with Crippen molar-refractivity contribution in [2.45, 2.75) is 39.5 Å². The fraction of sp³-hybridized carbons (Fsp3) is 0.346. The zero-order chi connectivity index (χ0) is 27.4. The Hall–Kier alpha value is -3.77. The molecule has 0 aliphatic carbocycles. The lowest BCUT2D eigenvalue weighted by Crippen LogP contribution is -2.54. The van der Waals surface area contributed by atoms with Crippen molar-refractivity contribution in [3.05, 3.63) is 85.5 Å². The van der Waals surface area contributed by atoms with Crippen LogP contribution in [0.25, 0.3) is 0 Å². The molecule has 0 unspecified atom stereocenters. The number of halogens is 2. The number of hydrogen-bond acceptors (Lipinski definition) is 7. The van der Waals surface area contributed by atoms with E-state index in [0.29, 0.717) is 32.2 Å². The van der Waals surface area contributed by atoms with Crippen molar-refractivity contribution in [1.29, 1.82) is 0 Å². The number of pyridine rings is 1. The molecule has 2 N–H and O–H groups in total. The number of aromatic nitrogens is 1. The number of rotatable bonds is 10. The maximum atomic E-state index is 14.0. The number of nitrogens with one attached hydrogen (secondary N) is 1. The summed E-state index contributed by atoms with van der Waals surface area (Å²) in [5.41, 5.74) is -0.733. The molecule has 0 fully saturated rings. The monoisotopic (exact) mass is 546 g/mol. The molecular formula is C26H28F2N4O5S. The summed E-state index contributed by atoms with van der Waals surface area (Å²) in [5, 5.41) is 18.8. The van der Waals surface area contributed by atoms with Crippen LogP contribution >= 0.6 is 11.3 Å². The van der Waals surface area contributed by atoms with Crippen molar-refractivity contribution >= 4 is 23.2 Å². The van der Waals surface area contributed by atoms with Gasteiger partial charge < -0.3 is 20.1 Å². The van der Waals surface area contributed by atoms with E-state index in [-0.39, 0.29) is 30.6 Å². The molecule has 2 aromatic heterocycles. The molecule has 0 saturated heterocycles. The summed E-state index contributed by atoms with van der Waals surface area (Å²) in [6.45, 7) is 4.79. The smallest absolute Gasteiger partial charge is 0.277 e. The van der Waals surface area contributed by atoms with E-state index in [1.54, 1.807) is 5.01 Å². The second-order valence-electron chi connectivity index (χ2n) is 9.11. The second kappa shape index (κ2) is 11.7. The zero-order valence-corrected chi connectivity index (χ0v) is 21.8. The molecule has 12 heteroatoms. The van der Waals surface area contributed by atoms with Crippen LogP contribution in [0.4, 0.5) is 8.78 Å². The lowest BCUT2D eigenvalue weighted by molar-refractivity contribution is 0.0566. The summed E-state index contributed by atoms with van der Waals surface area (Å²) in [5.74, 6) is -3.88. The summed E-state index contributed by atoms with van der Waals surface area (Å²) < 4.78 is 34.0. The largest absolute Gasteiger partial charge is 0.502 e.